The average molecular weight is 377 g/mol. The van der Waals surface area contributed by atoms with Crippen LogP contribution in [0, 0.1) is 12.8 Å². The van der Waals surface area contributed by atoms with E-state index in [1.165, 1.54) is 0 Å². The molecular formula is C17H21F2N7O. The molecule has 0 radical (unpaired) electrons. The van der Waals surface area contributed by atoms with E-state index in [9.17, 15) is 13.6 Å². The molecule has 1 aliphatic heterocycles. The lowest BCUT2D eigenvalue weighted by Gasteiger charge is -2.27. The molecule has 27 heavy (non-hydrogen) atoms. The highest BCUT2D eigenvalue weighted by Crippen LogP contribution is 2.50. The van der Waals surface area contributed by atoms with Gasteiger partial charge in [0.15, 0.2) is 5.82 Å². The normalized spacial score (nSPS) is 20.2. The van der Waals surface area contributed by atoms with Gasteiger partial charge in [-0.15, -0.1) is 0 Å². The van der Waals surface area contributed by atoms with Crippen molar-refractivity contribution in [3.05, 3.63) is 23.7 Å². The Hall–Kier alpha value is -2.78. The highest BCUT2D eigenvalue weighted by molar-refractivity contribution is 6.00. The van der Waals surface area contributed by atoms with Gasteiger partial charge in [-0.25, -0.2) is 13.8 Å². The number of nitrogens with one attached hydrogen (secondary N) is 2. The zero-order valence-corrected chi connectivity index (χ0v) is 15.2. The van der Waals surface area contributed by atoms with E-state index in [0.29, 0.717) is 42.7 Å². The molecule has 10 heteroatoms. The number of rotatable bonds is 6. The number of hydrogen-bond acceptors (Lipinski definition) is 6. The first-order valence-corrected chi connectivity index (χ1v) is 8.84. The van der Waals surface area contributed by atoms with Crippen molar-refractivity contribution >= 4 is 23.4 Å². The van der Waals surface area contributed by atoms with Crippen molar-refractivity contribution in [3.8, 4) is 0 Å². The van der Waals surface area contributed by atoms with Crippen LogP contribution in [0.2, 0.25) is 0 Å². The zero-order valence-electron chi connectivity index (χ0n) is 15.2. The highest BCUT2D eigenvalue weighted by Gasteiger charge is 2.55. The van der Waals surface area contributed by atoms with Gasteiger partial charge in [0.05, 0.1) is 18.4 Å². The van der Waals surface area contributed by atoms with E-state index in [-0.39, 0.29) is 18.9 Å². The third kappa shape index (κ3) is 3.69. The lowest BCUT2D eigenvalue weighted by Crippen LogP contribution is -2.36. The van der Waals surface area contributed by atoms with Crippen molar-refractivity contribution in [2.24, 2.45) is 5.92 Å². The van der Waals surface area contributed by atoms with Crippen molar-refractivity contribution < 1.29 is 13.6 Å². The van der Waals surface area contributed by atoms with Crippen LogP contribution in [0.3, 0.4) is 0 Å². The lowest BCUT2D eigenvalue weighted by molar-refractivity contribution is -0.115. The van der Waals surface area contributed by atoms with E-state index >= 15 is 0 Å². The minimum Gasteiger partial charge on any atom is -0.350 e. The third-order valence-electron chi connectivity index (χ3n) is 4.88. The van der Waals surface area contributed by atoms with E-state index < -0.39 is 11.8 Å². The van der Waals surface area contributed by atoms with E-state index in [1.807, 2.05) is 13.1 Å². The van der Waals surface area contributed by atoms with E-state index in [2.05, 4.69) is 25.7 Å². The van der Waals surface area contributed by atoms with Crippen LogP contribution in [0.5, 0.6) is 0 Å². The van der Waals surface area contributed by atoms with E-state index in [1.54, 1.807) is 22.8 Å². The quantitative estimate of drug-likeness (QED) is 0.801. The monoisotopic (exact) mass is 377 g/mol. The van der Waals surface area contributed by atoms with Crippen LogP contribution in [0.4, 0.5) is 26.2 Å². The van der Waals surface area contributed by atoms with E-state index in [0.717, 1.165) is 5.56 Å². The van der Waals surface area contributed by atoms with Gasteiger partial charge in [-0.2, -0.15) is 10.1 Å². The molecular weight excluding hydrogens is 356 g/mol. The molecule has 1 amide bonds. The number of aromatic nitrogens is 4. The smallest absolute Gasteiger partial charge is 0.251 e. The molecule has 2 N–H and O–H groups in total. The van der Waals surface area contributed by atoms with Gasteiger partial charge in [0.25, 0.3) is 5.92 Å². The molecule has 1 saturated carbocycles. The topological polar surface area (TPSA) is 88.0 Å². The predicted octanol–water partition coefficient (Wildman–Crippen LogP) is 2.03. The minimum absolute atomic E-state index is 0.00734. The van der Waals surface area contributed by atoms with Crippen LogP contribution in [0.15, 0.2) is 12.4 Å². The number of likely N-dealkylation sites (N-methyl/N-ethyl adjacent to an activating group) is 1. The Labute approximate surface area is 155 Å². The highest BCUT2D eigenvalue weighted by atomic mass is 19.3. The molecule has 1 unspecified atom stereocenters. The predicted molar refractivity (Wildman–Crippen MR) is 95.9 cm³/mol. The molecule has 0 saturated heterocycles. The number of nitrogens with zero attached hydrogens (tertiary/aromatic N) is 5. The molecule has 0 spiro atoms. The Balaban J connectivity index is 1.37. The van der Waals surface area contributed by atoms with Crippen LogP contribution in [-0.4, -0.2) is 45.2 Å². The molecule has 4 rings (SSSR count). The summed E-state index contributed by atoms with van der Waals surface area (Å²) in [6.45, 7) is 3.01. The van der Waals surface area contributed by atoms with Gasteiger partial charge < -0.3 is 15.5 Å². The molecule has 3 heterocycles. The fourth-order valence-corrected chi connectivity index (χ4v) is 3.20. The Morgan fingerprint density at radius 1 is 1.41 bits per heavy atom. The molecule has 0 aromatic carbocycles. The van der Waals surface area contributed by atoms with Gasteiger partial charge in [-0.05, 0) is 13.3 Å². The van der Waals surface area contributed by atoms with Crippen LogP contribution in [-0.2, 0) is 17.9 Å². The summed E-state index contributed by atoms with van der Waals surface area (Å²) < 4.78 is 27.6. The van der Waals surface area contributed by atoms with Crippen molar-refractivity contribution in [3.63, 3.8) is 0 Å². The molecule has 2 aromatic rings. The zero-order chi connectivity index (χ0) is 19.2. The summed E-state index contributed by atoms with van der Waals surface area (Å²) in [5, 5.41) is 10.2. The second-order valence-corrected chi connectivity index (χ2v) is 7.15. The second kappa shape index (κ2) is 6.43. The molecule has 2 aliphatic rings. The molecule has 1 fully saturated rings. The molecule has 8 nitrogen and oxygen atoms in total. The Bertz CT molecular complexity index is 882. The fourth-order valence-electron chi connectivity index (χ4n) is 3.20. The van der Waals surface area contributed by atoms with Crippen molar-refractivity contribution in [2.45, 2.75) is 38.8 Å². The molecule has 144 valence electrons. The molecule has 0 bridgehead atoms. The number of halogens is 2. The first kappa shape index (κ1) is 17.6. The minimum atomic E-state index is -2.48. The average Bonchev–Trinajstić information content (AvgIpc) is 3.00. The van der Waals surface area contributed by atoms with Crippen LogP contribution in [0.25, 0.3) is 0 Å². The Kier molecular flexibility index (Phi) is 4.20. The maximum absolute atomic E-state index is 12.9. The van der Waals surface area contributed by atoms with E-state index in [4.69, 9.17) is 0 Å². The number of carbonyl (C=O) groups excluding carboxylic acids is 1. The number of fused-ring (bicyclic) bond motifs is 1. The van der Waals surface area contributed by atoms with Gasteiger partial charge in [0, 0.05) is 44.2 Å². The number of hydrogen-bond donors (Lipinski definition) is 2. The summed E-state index contributed by atoms with van der Waals surface area (Å²) in [6, 6.07) is 0. The third-order valence-corrected chi connectivity index (χ3v) is 4.88. The maximum Gasteiger partial charge on any atom is 0.251 e. The second-order valence-electron chi connectivity index (χ2n) is 7.15. The summed E-state index contributed by atoms with van der Waals surface area (Å²) in [5.74, 6) is -1.95. The van der Waals surface area contributed by atoms with Crippen molar-refractivity contribution in [1.82, 2.24) is 19.7 Å². The summed E-state index contributed by atoms with van der Waals surface area (Å²) in [5.41, 5.74) is 2.23. The fraction of sp³-hybridized carbons (Fsp3) is 0.529. The van der Waals surface area contributed by atoms with Crippen molar-refractivity contribution in [1.29, 1.82) is 0 Å². The van der Waals surface area contributed by atoms with Gasteiger partial charge in [-0.1, -0.05) is 0 Å². The van der Waals surface area contributed by atoms with Gasteiger partial charge in [-0.3, -0.25) is 9.48 Å². The number of anilines is 3. The van der Waals surface area contributed by atoms with Gasteiger partial charge in [0.1, 0.15) is 5.69 Å². The summed E-state index contributed by atoms with van der Waals surface area (Å²) in [4.78, 5) is 22.3. The lowest BCUT2D eigenvalue weighted by atomic mass is 10.2. The number of aryl methyl sites for hydroxylation is 2. The van der Waals surface area contributed by atoms with Crippen LogP contribution in [0.1, 0.15) is 24.1 Å². The first-order valence-electron chi connectivity index (χ1n) is 8.84. The standard InChI is InChI=1S/C17H21F2N7O/c1-10-14-15(25(2)9-13(27)23-14)24-16(22-10)20-6-11-7-21-26(8-11)4-3-12-5-17(12,18)19/h7-8,12H,3-6,9H2,1-2H3,(H,23,27)(H,20,22,24). The number of alkyl halides is 2. The molecule has 1 aliphatic carbocycles. The van der Waals surface area contributed by atoms with Crippen LogP contribution < -0.4 is 15.5 Å². The summed E-state index contributed by atoms with van der Waals surface area (Å²) >= 11 is 0. The first-order chi connectivity index (χ1) is 12.8. The Morgan fingerprint density at radius 3 is 2.93 bits per heavy atom. The van der Waals surface area contributed by atoms with Gasteiger partial charge >= 0.3 is 0 Å². The maximum atomic E-state index is 12.9. The molecule has 1 atom stereocenters. The Morgan fingerprint density at radius 2 is 2.19 bits per heavy atom. The van der Waals surface area contributed by atoms with Crippen molar-refractivity contribution in [2.75, 3.05) is 29.1 Å². The number of carbonyl (C=O) groups is 1. The van der Waals surface area contributed by atoms with Crippen LogP contribution >= 0.6 is 0 Å². The van der Waals surface area contributed by atoms with Gasteiger partial charge in [0.2, 0.25) is 11.9 Å². The summed E-state index contributed by atoms with van der Waals surface area (Å²) in [6.07, 6.45) is 3.97. The SMILES string of the molecule is Cc1nc(NCc2cnn(CCC3CC3(F)F)c2)nc2c1NC(=O)CN2C. The summed E-state index contributed by atoms with van der Waals surface area (Å²) in [7, 11) is 1.81. The largest absolute Gasteiger partial charge is 0.350 e. The number of amides is 1. The molecule has 2 aromatic heterocycles.